The summed E-state index contributed by atoms with van der Waals surface area (Å²) in [5, 5.41) is 4.85. The van der Waals surface area contributed by atoms with Gasteiger partial charge in [0.1, 0.15) is 11.6 Å². The van der Waals surface area contributed by atoms with Crippen LogP contribution < -0.4 is 5.32 Å². The number of benzene rings is 1. The van der Waals surface area contributed by atoms with Gasteiger partial charge >= 0.3 is 0 Å². The first-order chi connectivity index (χ1) is 10.0. The molecule has 0 saturated carbocycles. The average molecular weight is 304 g/mol. The minimum absolute atomic E-state index is 0.0263. The normalized spacial score (nSPS) is 11.3. The van der Waals surface area contributed by atoms with Crippen molar-refractivity contribution in [2.75, 3.05) is 5.32 Å². The Kier molecular flexibility index (Phi) is 3.55. The fourth-order valence-corrected chi connectivity index (χ4v) is 2.52. The topological polar surface area (TPSA) is 40.7 Å². The zero-order chi connectivity index (χ0) is 15.0. The molecule has 1 aromatic carbocycles. The van der Waals surface area contributed by atoms with E-state index in [1.165, 1.54) is 6.07 Å². The van der Waals surface area contributed by atoms with Gasteiger partial charge in [-0.25, -0.2) is 9.37 Å². The third-order valence-corrected chi connectivity index (χ3v) is 3.53. The fraction of sp³-hybridized carbons (Fsp3) is 0.188. The molecule has 0 saturated heterocycles. The van der Waals surface area contributed by atoms with E-state index in [9.17, 15) is 4.39 Å². The minimum atomic E-state index is -0.284. The monoisotopic (exact) mass is 303 g/mol. The molecular weight excluding hydrogens is 289 g/mol. The van der Waals surface area contributed by atoms with Crippen LogP contribution in [0.4, 0.5) is 15.9 Å². The Morgan fingerprint density at radius 2 is 2.05 bits per heavy atom. The third-order valence-electron chi connectivity index (χ3n) is 3.32. The SMILES string of the molecule is CC(C)c1nc(Nc2cc(Cl)cc3[nH]ccc23)ccc1F. The molecule has 0 amide bonds. The lowest BCUT2D eigenvalue weighted by atomic mass is 10.1. The van der Waals surface area contributed by atoms with Crippen LogP contribution in [0.15, 0.2) is 36.5 Å². The van der Waals surface area contributed by atoms with Crippen LogP contribution in [0.2, 0.25) is 5.02 Å². The van der Waals surface area contributed by atoms with E-state index in [0.29, 0.717) is 16.5 Å². The van der Waals surface area contributed by atoms with E-state index in [1.54, 1.807) is 6.07 Å². The van der Waals surface area contributed by atoms with Gasteiger partial charge in [-0.05, 0) is 36.2 Å². The Morgan fingerprint density at radius 3 is 2.81 bits per heavy atom. The molecule has 2 aromatic heterocycles. The molecule has 0 spiro atoms. The van der Waals surface area contributed by atoms with Crippen LogP contribution in [-0.4, -0.2) is 9.97 Å². The molecule has 5 heteroatoms. The van der Waals surface area contributed by atoms with E-state index in [4.69, 9.17) is 11.6 Å². The van der Waals surface area contributed by atoms with E-state index >= 15 is 0 Å². The molecule has 0 aliphatic rings. The van der Waals surface area contributed by atoms with Crippen molar-refractivity contribution in [3.63, 3.8) is 0 Å². The van der Waals surface area contributed by atoms with Gasteiger partial charge in [0.05, 0.1) is 11.4 Å². The Labute approximate surface area is 127 Å². The van der Waals surface area contributed by atoms with Gasteiger partial charge in [0.2, 0.25) is 0 Å². The molecule has 3 aromatic rings. The first-order valence-corrected chi connectivity index (χ1v) is 7.12. The molecular formula is C16H15ClFN3. The van der Waals surface area contributed by atoms with Gasteiger partial charge < -0.3 is 10.3 Å². The summed E-state index contributed by atoms with van der Waals surface area (Å²) in [5.74, 6) is 0.344. The van der Waals surface area contributed by atoms with Crippen molar-refractivity contribution >= 4 is 34.0 Å². The summed E-state index contributed by atoms with van der Waals surface area (Å²) < 4.78 is 13.7. The van der Waals surface area contributed by atoms with Crippen molar-refractivity contribution in [2.24, 2.45) is 0 Å². The number of hydrogen-bond donors (Lipinski definition) is 2. The van der Waals surface area contributed by atoms with E-state index in [-0.39, 0.29) is 11.7 Å². The molecule has 2 N–H and O–H groups in total. The standard InChI is InChI=1S/C16H15ClFN3/c1-9(2)16-12(18)3-4-15(21-16)20-14-8-10(17)7-13-11(14)5-6-19-13/h3-9,19H,1-2H3,(H,20,21). The van der Waals surface area contributed by atoms with Crippen molar-refractivity contribution < 1.29 is 4.39 Å². The number of fused-ring (bicyclic) bond motifs is 1. The lowest BCUT2D eigenvalue weighted by Crippen LogP contribution is -2.02. The second-order valence-corrected chi connectivity index (χ2v) is 5.67. The Morgan fingerprint density at radius 1 is 1.24 bits per heavy atom. The molecule has 21 heavy (non-hydrogen) atoms. The number of anilines is 2. The molecule has 0 bridgehead atoms. The number of aromatic nitrogens is 2. The maximum absolute atomic E-state index is 13.7. The molecule has 3 rings (SSSR count). The van der Waals surface area contributed by atoms with Gasteiger partial charge in [0.15, 0.2) is 0 Å². The molecule has 0 unspecified atom stereocenters. The number of nitrogens with zero attached hydrogens (tertiary/aromatic N) is 1. The van der Waals surface area contributed by atoms with Crippen LogP contribution in [0.1, 0.15) is 25.5 Å². The highest BCUT2D eigenvalue weighted by Crippen LogP contribution is 2.30. The van der Waals surface area contributed by atoms with Crippen molar-refractivity contribution in [2.45, 2.75) is 19.8 Å². The third kappa shape index (κ3) is 2.72. The molecule has 108 valence electrons. The molecule has 0 radical (unpaired) electrons. The van der Waals surface area contributed by atoms with Gasteiger partial charge in [-0.2, -0.15) is 0 Å². The summed E-state index contributed by atoms with van der Waals surface area (Å²) in [4.78, 5) is 7.47. The largest absolute Gasteiger partial charge is 0.361 e. The van der Waals surface area contributed by atoms with Gasteiger partial charge in [-0.1, -0.05) is 25.4 Å². The lowest BCUT2D eigenvalue weighted by molar-refractivity contribution is 0.585. The second kappa shape index (κ2) is 5.37. The minimum Gasteiger partial charge on any atom is -0.361 e. The van der Waals surface area contributed by atoms with Gasteiger partial charge in [0, 0.05) is 22.1 Å². The molecule has 0 atom stereocenters. The molecule has 0 fully saturated rings. The predicted molar refractivity (Wildman–Crippen MR) is 84.9 cm³/mol. The van der Waals surface area contributed by atoms with Crippen LogP contribution in [-0.2, 0) is 0 Å². The number of rotatable bonds is 3. The van der Waals surface area contributed by atoms with Gasteiger partial charge in [-0.3, -0.25) is 0 Å². The molecule has 0 aliphatic heterocycles. The zero-order valence-corrected chi connectivity index (χ0v) is 12.5. The summed E-state index contributed by atoms with van der Waals surface area (Å²) in [6.07, 6.45) is 1.85. The maximum Gasteiger partial charge on any atom is 0.145 e. The number of pyridine rings is 1. The first-order valence-electron chi connectivity index (χ1n) is 6.74. The van der Waals surface area contributed by atoms with Crippen LogP contribution in [0, 0.1) is 5.82 Å². The van der Waals surface area contributed by atoms with Crippen LogP contribution in [0.5, 0.6) is 0 Å². The van der Waals surface area contributed by atoms with Crippen molar-refractivity contribution in [3.05, 3.63) is 53.1 Å². The Bertz CT molecular complexity index is 795. The van der Waals surface area contributed by atoms with E-state index < -0.39 is 0 Å². The Balaban J connectivity index is 2.02. The number of hydrogen-bond acceptors (Lipinski definition) is 2. The summed E-state index contributed by atoms with van der Waals surface area (Å²) >= 11 is 6.11. The molecule has 2 heterocycles. The van der Waals surface area contributed by atoms with Crippen LogP contribution in [0.3, 0.4) is 0 Å². The van der Waals surface area contributed by atoms with Crippen LogP contribution >= 0.6 is 11.6 Å². The van der Waals surface area contributed by atoms with Crippen molar-refractivity contribution in [1.82, 2.24) is 9.97 Å². The van der Waals surface area contributed by atoms with E-state index in [1.807, 2.05) is 38.2 Å². The number of H-pyrrole nitrogens is 1. The van der Waals surface area contributed by atoms with E-state index in [0.717, 1.165) is 16.6 Å². The average Bonchev–Trinajstić information content (AvgIpc) is 2.88. The number of halogens is 2. The van der Waals surface area contributed by atoms with Crippen molar-refractivity contribution in [1.29, 1.82) is 0 Å². The van der Waals surface area contributed by atoms with Gasteiger partial charge in [0.25, 0.3) is 0 Å². The van der Waals surface area contributed by atoms with Gasteiger partial charge in [-0.15, -0.1) is 0 Å². The number of nitrogens with one attached hydrogen (secondary N) is 2. The highest BCUT2D eigenvalue weighted by Gasteiger charge is 2.11. The summed E-state index contributed by atoms with van der Waals surface area (Å²) in [5.41, 5.74) is 2.23. The predicted octanol–water partition coefficient (Wildman–Crippen LogP) is 5.22. The highest BCUT2D eigenvalue weighted by atomic mass is 35.5. The fourth-order valence-electron chi connectivity index (χ4n) is 2.31. The quantitative estimate of drug-likeness (QED) is 0.696. The lowest BCUT2D eigenvalue weighted by Gasteiger charge is -2.11. The smallest absolute Gasteiger partial charge is 0.145 e. The second-order valence-electron chi connectivity index (χ2n) is 5.24. The first kappa shape index (κ1) is 13.9. The summed E-state index contributed by atoms with van der Waals surface area (Å²) in [6.45, 7) is 3.83. The summed E-state index contributed by atoms with van der Waals surface area (Å²) in [7, 11) is 0. The van der Waals surface area contributed by atoms with Crippen LogP contribution in [0.25, 0.3) is 10.9 Å². The maximum atomic E-state index is 13.7. The molecule has 0 aliphatic carbocycles. The van der Waals surface area contributed by atoms with E-state index in [2.05, 4.69) is 15.3 Å². The number of aromatic amines is 1. The summed E-state index contributed by atoms with van der Waals surface area (Å²) in [6, 6.07) is 8.71. The highest BCUT2D eigenvalue weighted by molar-refractivity contribution is 6.31. The van der Waals surface area contributed by atoms with Crippen molar-refractivity contribution in [3.8, 4) is 0 Å². The Hall–Kier alpha value is -2.07. The molecule has 3 nitrogen and oxygen atoms in total. The zero-order valence-electron chi connectivity index (χ0n) is 11.7.